The van der Waals surface area contributed by atoms with E-state index in [-0.39, 0.29) is 0 Å². The number of hydrogen-bond acceptors (Lipinski definition) is 4. The monoisotopic (exact) mass is 487 g/mol. The van der Waals surface area contributed by atoms with Crippen molar-refractivity contribution in [1.82, 2.24) is 29.7 Å². The van der Waals surface area contributed by atoms with Crippen molar-refractivity contribution in [3.63, 3.8) is 0 Å². The van der Waals surface area contributed by atoms with E-state index in [0.29, 0.717) is 5.92 Å². The molecule has 184 valence electrons. The Morgan fingerprint density at radius 2 is 1.92 bits per heavy atom. The maximum absolute atomic E-state index is 4.67. The fourth-order valence-corrected chi connectivity index (χ4v) is 4.86. The number of hydrogen-bond donors (Lipinski definition) is 3. The first kappa shape index (κ1) is 22.8. The van der Waals surface area contributed by atoms with E-state index >= 15 is 0 Å². The topological polar surface area (TPSA) is 87.2 Å². The Morgan fingerprint density at radius 3 is 2.73 bits per heavy atom. The minimum Gasteiger partial charge on any atom is -0.358 e. The molecule has 4 heterocycles. The molecule has 0 aliphatic rings. The lowest BCUT2D eigenvalue weighted by Crippen LogP contribution is -2.02. The first-order valence-electron chi connectivity index (χ1n) is 12.5. The molecule has 0 saturated heterocycles. The van der Waals surface area contributed by atoms with Crippen molar-refractivity contribution >= 4 is 27.5 Å². The van der Waals surface area contributed by atoms with Crippen molar-refractivity contribution in [3.8, 4) is 28.2 Å². The van der Waals surface area contributed by atoms with Crippen LogP contribution in [0, 0.1) is 12.8 Å². The number of nitrogens with zero attached hydrogens (tertiary/aromatic N) is 4. The molecule has 0 bridgehead atoms. The first-order chi connectivity index (χ1) is 17.9. The Morgan fingerprint density at radius 1 is 1.03 bits per heavy atom. The van der Waals surface area contributed by atoms with Crippen LogP contribution in [-0.4, -0.2) is 29.7 Å². The lowest BCUT2D eigenvalue weighted by atomic mass is 10.0. The summed E-state index contributed by atoms with van der Waals surface area (Å²) in [6.45, 7) is 10.5. The third-order valence-corrected chi connectivity index (χ3v) is 6.50. The number of aromatic amines is 2. The van der Waals surface area contributed by atoms with Gasteiger partial charge in [-0.3, -0.25) is 10.1 Å². The smallest absolute Gasteiger partial charge is 0.116 e. The quantitative estimate of drug-likeness (QED) is 0.221. The van der Waals surface area contributed by atoms with Gasteiger partial charge in [0.2, 0.25) is 0 Å². The molecule has 4 aromatic heterocycles. The maximum Gasteiger partial charge on any atom is 0.116 e. The van der Waals surface area contributed by atoms with E-state index in [1.54, 1.807) is 0 Å². The lowest BCUT2D eigenvalue weighted by molar-refractivity contribution is 0.645. The Bertz CT molecular complexity index is 1750. The summed E-state index contributed by atoms with van der Waals surface area (Å²) < 4.78 is 2.06. The van der Waals surface area contributed by atoms with Crippen molar-refractivity contribution in [2.24, 2.45) is 5.92 Å². The molecule has 37 heavy (non-hydrogen) atoms. The molecule has 0 aliphatic carbocycles. The molecule has 0 amide bonds. The number of fused-ring (bicyclic) bond motifs is 2. The average molecular weight is 488 g/mol. The van der Waals surface area contributed by atoms with Gasteiger partial charge in [0.05, 0.1) is 40.8 Å². The molecule has 0 saturated carbocycles. The van der Waals surface area contributed by atoms with Gasteiger partial charge in [0.1, 0.15) is 5.69 Å². The molecule has 3 N–H and O–H groups in total. The van der Waals surface area contributed by atoms with E-state index in [2.05, 4.69) is 104 Å². The van der Waals surface area contributed by atoms with Gasteiger partial charge in [-0.2, -0.15) is 5.10 Å². The highest BCUT2D eigenvalue weighted by atomic mass is 15.1. The zero-order valence-corrected chi connectivity index (χ0v) is 21.2. The van der Waals surface area contributed by atoms with Crippen LogP contribution in [0.3, 0.4) is 0 Å². The number of benzene rings is 2. The van der Waals surface area contributed by atoms with Gasteiger partial charge >= 0.3 is 0 Å². The fourth-order valence-electron chi connectivity index (χ4n) is 4.86. The molecule has 7 nitrogen and oxygen atoms in total. The number of allylic oxidation sites excluding steroid dienone is 1. The number of aromatic nitrogens is 6. The van der Waals surface area contributed by atoms with Crippen molar-refractivity contribution in [2.75, 3.05) is 5.32 Å². The van der Waals surface area contributed by atoms with Crippen LogP contribution in [0.4, 0.5) is 5.69 Å². The number of nitrogens with one attached hydrogen (secondary N) is 3. The van der Waals surface area contributed by atoms with Crippen LogP contribution >= 0.6 is 0 Å². The van der Waals surface area contributed by atoms with Gasteiger partial charge in [-0.25, -0.2) is 4.98 Å². The number of H-pyrrole nitrogens is 2. The minimum atomic E-state index is 0.544. The predicted molar refractivity (Wildman–Crippen MR) is 151 cm³/mol. The molecule has 0 aliphatic heterocycles. The Balaban J connectivity index is 1.38. The van der Waals surface area contributed by atoms with Crippen LogP contribution < -0.4 is 5.32 Å². The Kier molecular flexibility index (Phi) is 5.60. The third-order valence-electron chi connectivity index (χ3n) is 6.50. The predicted octanol–water partition coefficient (Wildman–Crippen LogP) is 7.24. The zero-order chi connectivity index (χ0) is 25.5. The number of rotatable bonds is 7. The van der Waals surface area contributed by atoms with Crippen molar-refractivity contribution in [3.05, 3.63) is 91.4 Å². The number of imidazole rings is 1. The van der Waals surface area contributed by atoms with E-state index < -0.39 is 0 Å². The summed E-state index contributed by atoms with van der Waals surface area (Å²) in [5, 5.41) is 13.4. The van der Waals surface area contributed by atoms with Crippen molar-refractivity contribution in [2.45, 2.75) is 27.2 Å². The summed E-state index contributed by atoms with van der Waals surface area (Å²) >= 11 is 0. The van der Waals surface area contributed by atoms with Gasteiger partial charge in [-0.1, -0.05) is 32.6 Å². The molecule has 0 atom stereocenters. The number of anilines is 1. The van der Waals surface area contributed by atoms with E-state index in [1.165, 1.54) is 0 Å². The molecule has 2 aromatic carbocycles. The molecule has 6 rings (SSSR count). The Labute approximate surface area is 215 Å². The van der Waals surface area contributed by atoms with Gasteiger partial charge in [0, 0.05) is 39.9 Å². The van der Waals surface area contributed by atoms with Crippen LogP contribution in [0.1, 0.15) is 26.0 Å². The second-order valence-electron chi connectivity index (χ2n) is 9.97. The van der Waals surface area contributed by atoms with Gasteiger partial charge < -0.3 is 14.9 Å². The van der Waals surface area contributed by atoms with Crippen molar-refractivity contribution < 1.29 is 0 Å². The number of pyridine rings is 1. The highest BCUT2D eigenvalue weighted by Crippen LogP contribution is 2.34. The van der Waals surface area contributed by atoms with Crippen LogP contribution in [0.25, 0.3) is 50.0 Å². The van der Waals surface area contributed by atoms with Crippen LogP contribution in [0.2, 0.25) is 0 Å². The zero-order valence-electron chi connectivity index (χ0n) is 21.2. The van der Waals surface area contributed by atoms with Gasteiger partial charge in [0.25, 0.3) is 0 Å². The average Bonchev–Trinajstić information content (AvgIpc) is 3.60. The second kappa shape index (κ2) is 9.09. The largest absolute Gasteiger partial charge is 0.358 e. The minimum absolute atomic E-state index is 0.544. The summed E-state index contributed by atoms with van der Waals surface area (Å²) in [4.78, 5) is 12.4. The van der Waals surface area contributed by atoms with Crippen LogP contribution in [0.15, 0.2) is 85.7 Å². The van der Waals surface area contributed by atoms with E-state index in [0.717, 1.165) is 73.5 Å². The summed E-state index contributed by atoms with van der Waals surface area (Å²) in [5.41, 5.74) is 9.98. The first-order valence-corrected chi connectivity index (χ1v) is 12.5. The van der Waals surface area contributed by atoms with Crippen LogP contribution in [-0.2, 0) is 0 Å². The highest BCUT2D eigenvalue weighted by Gasteiger charge is 2.15. The van der Waals surface area contributed by atoms with Gasteiger partial charge in [0.15, 0.2) is 0 Å². The SMILES string of the molecule is C=C(CC(C)C)Nc1cncc(-c2ccc3[nH]nc(-c4cc5c(-n6cnc(C)c6)cccc5[nH]4)c3c2)c1. The summed E-state index contributed by atoms with van der Waals surface area (Å²) in [5.74, 6) is 0.544. The lowest BCUT2D eigenvalue weighted by Gasteiger charge is -2.12. The third kappa shape index (κ3) is 4.40. The van der Waals surface area contributed by atoms with E-state index in [9.17, 15) is 0 Å². The molecule has 0 spiro atoms. The number of aryl methyl sites for hydroxylation is 1. The molecular formula is C30H29N7. The van der Waals surface area contributed by atoms with Crippen LogP contribution in [0.5, 0.6) is 0 Å². The molecular weight excluding hydrogens is 458 g/mol. The summed E-state index contributed by atoms with van der Waals surface area (Å²) in [7, 11) is 0. The molecule has 7 heteroatoms. The summed E-state index contributed by atoms with van der Waals surface area (Å²) in [6.07, 6.45) is 8.52. The highest BCUT2D eigenvalue weighted by molar-refractivity contribution is 5.99. The molecule has 6 aromatic rings. The van der Waals surface area contributed by atoms with E-state index in [4.69, 9.17) is 0 Å². The maximum atomic E-state index is 4.67. The van der Waals surface area contributed by atoms with Crippen molar-refractivity contribution in [1.29, 1.82) is 0 Å². The fraction of sp³-hybridized carbons (Fsp3) is 0.167. The molecule has 0 fully saturated rings. The van der Waals surface area contributed by atoms with Gasteiger partial charge in [-0.05, 0) is 61.2 Å². The summed E-state index contributed by atoms with van der Waals surface area (Å²) in [6, 6.07) is 16.9. The molecule has 0 radical (unpaired) electrons. The second-order valence-corrected chi connectivity index (χ2v) is 9.97. The normalized spacial score (nSPS) is 11.6. The Hall–Kier alpha value is -4.65. The standard InChI is InChI=1S/C30H29N7/c1-18(2)10-19(3)33-23-11-22(14-31-15-23)21-8-9-27-25(12-21)30(36-35-27)28-13-24-26(34-28)6-5-7-29(24)37-16-20(4)32-17-37/h5-9,11-18,33-34H,3,10H2,1-2,4H3,(H,35,36). The molecule has 0 unspecified atom stereocenters. The van der Waals surface area contributed by atoms with E-state index in [1.807, 2.05) is 31.8 Å². The van der Waals surface area contributed by atoms with Gasteiger partial charge in [-0.15, -0.1) is 0 Å².